The minimum Gasteiger partial charge on any atom is -0.484 e. The van der Waals surface area contributed by atoms with Gasteiger partial charge in [-0.2, -0.15) is 13.2 Å². The van der Waals surface area contributed by atoms with Gasteiger partial charge >= 0.3 is 6.18 Å². The van der Waals surface area contributed by atoms with E-state index in [0.29, 0.717) is 12.0 Å². The summed E-state index contributed by atoms with van der Waals surface area (Å²) >= 11 is 0. The van der Waals surface area contributed by atoms with Gasteiger partial charge in [-0.05, 0) is 12.5 Å². The number of ether oxygens (including phenoxy) is 1. The van der Waals surface area contributed by atoms with Crippen LogP contribution in [0.1, 0.15) is 25.3 Å². The van der Waals surface area contributed by atoms with Crippen LogP contribution in [0.25, 0.3) is 0 Å². The van der Waals surface area contributed by atoms with Crippen molar-refractivity contribution >= 4 is 18.3 Å². The number of nitrogens with two attached hydrogens (primary N) is 1. The van der Waals surface area contributed by atoms with Gasteiger partial charge in [-0.15, -0.1) is 12.4 Å². The summed E-state index contributed by atoms with van der Waals surface area (Å²) in [7, 11) is 0. The molecule has 0 bridgehead atoms. The van der Waals surface area contributed by atoms with E-state index >= 15 is 0 Å². The van der Waals surface area contributed by atoms with Gasteiger partial charge in [0, 0.05) is 12.1 Å². The number of hydrogen-bond acceptors (Lipinski definition) is 3. The third-order valence-electron chi connectivity index (χ3n) is 2.75. The molecule has 1 amide bonds. The van der Waals surface area contributed by atoms with Crippen LogP contribution in [0.4, 0.5) is 13.2 Å². The van der Waals surface area contributed by atoms with E-state index in [-0.39, 0.29) is 30.6 Å². The molecule has 1 aromatic rings. The maximum atomic E-state index is 12.2. The number of carbonyl (C=O) groups is 1. The van der Waals surface area contributed by atoms with E-state index in [1.54, 1.807) is 18.2 Å². The Balaban J connectivity index is 0.00000441. The molecule has 1 aromatic carbocycles. The van der Waals surface area contributed by atoms with Gasteiger partial charge in [0.15, 0.2) is 6.61 Å². The molecule has 3 N–H and O–H groups in total. The second kappa shape index (κ2) is 9.53. The van der Waals surface area contributed by atoms with Crippen LogP contribution < -0.4 is 15.8 Å². The van der Waals surface area contributed by atoms with E-state index in [0.717, 1.165) is 6.42 Å². The molecule has 0 aliphatic heterocycles. The van der Waals surface area contributed by atoms with E-state index in [4.69, 9.17) is 10.5 Å². The Kier molecular flexibility index (Phi) is 8.89. The molecule has 0 saturated heterocycles. The highest BCUT2D eigenvalue weighted by Crippen LogP contribution is 2.22. The number of benzene rings is 1. The lowest BCUT2D eigenvalue weighted by Crippen LogP contribution is -2.40. The van der Waals surface area contributed by atoms with Gasteiger partial charge in [-0.3, -0.25) is 4.79 Å². The van der Waals surface area contributed by atoms with E-state index < -0.39 is 18.8 Å². The third-order valence-corrected chi connectivity index (χ3v) is 2.75. The molecule has 1 rings (SSSR count). The summed E-state index contributed by atoms with van der Waals surface area (Å²) in [5.41, 5.74) is 6.12. The first-order chi connectivity index (χ1) is 9.83. The van der Waals surface area contributed by atoms with Crippen molar-refractivity contribution in [1.29, 1.82) is 0 Å². The highest BCUT2D eigenvalue weighted by atomic mass is 35.5. The molecule has 4 nitrogen and oxygen atoms in total. The zero-order valence-corrected chi connectivity index (χ0v) is 13.0. The number of nitrogens with one attached hydrogen (secondary N) is 1. The van der Waals surface area contributed by atoms with Crippen molar-refractivity contribution in [2.24, 2.45) is 5.73 Å². The topological polar surface area (TPSA) is 64.4 Å². The van der Waals surface area contributed by atoms with Crippen molar-refractivity contribution in [3.8, 4) is 5.75 Å². The Bertz CT molecular complexity index is 470. The molecule has 0 aromatic heterocycles. The lowest BCUT2D eigenvalue weighted by molar-refractivity contribution is -0.153. The Hall–Kier alpha value is -1.47. The van der Waals surface area contributed by atoms with Gasteiger partial charge in [0.2, 0.25) is 5.91 Å². The van der Waals surface area contributed by atoms with Gasteiger partial charge < -0.3 is 15.8 Å². The molecule has 8 heteroatoms. The molecular formula is C14H20ClF3N2O2. The lowest BCUT2D eigenvalue weighted by atomic mass is 10.1. The first kappa shape index (κ1) is 20.5. The van der Waals surface area contributed by atoms with Gasteiger partial charge in [0.05, 0.1) is 6.04 Å². The van der Waals surface area contributed by atoms with Crippen LogP contribution in [0.15, 0.2) is 24.3 Å². The largest absolute Gasteiger partial charge is 0.484 e. The fourth-order valence-electron chi connectivity index (χ4n) is 1.71. The smallest absolute Gasteiger partial charge is 0.422 e. The molecule has 0 heterocycles. The van der Waals surface area contributed by atoms with Crippen molar-refractivity contribution in [1.82, 2.24) is 5.32 Å². The number of para-hydroxylation sites is 1. The summed E-state index contributed by atoms with van der Waals surface area (Å²) < 4.78 is 41.2. The van der Waals surface area contributed by atoms with E-state index in [1.165, 1.54) is 6.07 Å². The molecule has 0 spiro atoms. The fourth-order valence-corrected chi connectivity index (χ4v) is 1.71. The van der Waals surface area contributed by atoms with Crippen molar-refractivity contribution in [2.75, 3.05) is 6.61 Å². The Labute approximate surface area is 133 Å². The Morgan fingerprint density at radius 3 is 2.59 bits per heavy atom. The van der Waals surface area contributed by atoms with Crippen LogP contribution in [-0.4, -0.2) is 24.7 Å². The van der Waals surface area contributed by atoms with E-state index in [1.807, 2.05) is 6.92 Å². The van der Waals surface area contributed by atoms with Crippen molar-refractivity contribution in [2.45, 2.75) is 38.5 Å². The summed E-state index contributed by atoms with van der Waals surface area (Å²) in [5, 5.41) is 2.60. The van der Waals surface area contributed by atoms with Gasteiger partial charge in [-0.25, -0.2) is 0 Å². The molecule has 0 saturated carbocycles. The van der Waals surface area contributed by atoms with Crippen LogP contribution in [-0.2, 0) is 11.3 Å². The Morgan fingerprint density at radius 1 is 1.36 bits per heavy atom. The van der Waals surface area contributed by atoms with Crippen LogP contribution in [0.5, 0.6) is 5.75 Å². The molecule has 1 atom stereocenters. The zero-order valence-electron chi connectivity index (χ0n) is 12.2. The predicted octanol–water partition coefficient (Wildman–Crippen LogP) is 2.79. The number of amides is 1. The highest BCUT2D eigenvalue weighted by molar-refractivity contribution is 5.85. The SMILES string of the molecule is CCCC(N)C(=O)NCc1ccccc1OCC(F)(F)F.Cl. The molecule has 0 aliphatic rings. The minimum atomic E-state index is -4.40. The number of hydrogen-bond donors (Lipinski definition) is 2. The highest BCUT2D eigenvalue weighted by Gasteiger charge is 2.28. The molecule has 0 aliphatic carbocycles. The van der Waals surface area contributed by atoms with Gasteiger partial charge in [0.25, 0.3) is 0 Å². The van der Waals surface area contributed by atoms with Crippen molar-refractivity contribution in [3.63, 3.8) is 0 Å². The van der Waals surface area contributed by atoms with Crippen LogP contribution in [0.2, 0.25) is 0 Å². The third kappa shape index (κ3) is 7.51. The molecule has 0 fully saturated rings. The predicted molar refractivity (Wildman–Crippen MR) is 80.0 cm³/mol. The monoisotopic (exact) mass is 340 g/mol. The fraction of sp³-hybridized carbons (Fsp3) is 0.500. The average molecular weight is 341 g/mol. The second-order valence-corrected chi connectivity index (χ2v) is 4.62. The summed E-state index contributed by atoms with van der Waals surface area (Å²) in [5.74, 6) is -0.235. The molecular weight excluding hydrogens is 321 g/mol. The molecule has 1 unspecified atom stereocenters. The quantitative estimate of drug-likeness (QED) is 0.802. The summed E-state index contributed by atoms with van der Waals surface area (Å²) in [6, 6.07) is 5.64. The maximum absolute atomic E-state index is 12.2. The van der Waals surface area contributed by atoms with Crippen molar-refractivity contribution < 1.29 is 22.7 Å². The zero-order chi connectivity index (χ0) is 15.9. The van der Waals surface area contributed by atoms with Crippen LogP contribution >= 0.6 is 12.4 Å². The summed E-state index contributed by atoms with van der Waals surface area (Å²) in [4.78, 5) is 11.7. The Morgan fingerprint density at radius 2 is 2.00 bits per heavy atom. The number of alkyl halides is 3. The first-order valence-electron chi connectivity index (χ1n) is 6.64. The lowest BCUT2D eigenvalue weighted by Gasteiger charge is -2.15. The van der Waals surface area contributed by atoms with E-state index in [2.05, 4.69) is 5.32 Å². The van der Waals surface area contributed by atoms with Crippen LogP contribution in [0, 0.1) is 0 Å². The number of carbonyl (C=O) groups excluding carboxylic acids is 1. The minimum absolute atomic E-state index is 0. The molecule has 22 heavy (non-hydrogen) atoms. The number of rotatable bonds is 7. The normalized spacial score (nSPS) is 12.2. The maximum Gasteiger partial charge on any atom is 0.422 e. The van der Waals surface area contributed by atoms with Crippen molar-refractivity contribution in [3.05, 3.63) is 29.8 Å². The molecule has 0 radical (unpaired) electrons. The van der Waals surface area contributed by atoms with Gasteiger partial charge in [0.1, 0.15) is 5.75 Å². The standard InChI is InChI=1S/C14H19F3N2O2.ClH/c1-2-5-11(18)13(20)19-8-10-6-3-4-7-12(10)21-9-14(15,16)17;/h3-4,6-7,11H,2,5,8-9,18H2,1H3,(H,19,20);1H. The summed E-state index contributed by atoms with van der Waals surface area (Å²) in [6.07, 6.45) is -3.07. The number of halogens is 4. The van der Waals surface area contributed by atoms with Crippen LogP contribution in [0.3, 0.4) is 0 Å². The first-order valence-corrected chi connectivity index (χ1v) is 6.64. The van der Waals surface area contributed by atoms with E-state index in [9.17, 15) is 18.0 Å². The summed E-state index contributed by atoms with van der Waals surface area (Å²) in [6.45, 7) is 0.616. The second-order valence-electron chi connectivity index (χ2n) is 4.62. The van der Waals surface area contributed by atoms with Gasteiger partial charge in [-0.1, -0.05) is 31.5 Å². The average Bonchev–Trinajstić information content (AvgIpc) is 2.42. The molecule has 126 valence electrons.